The first-order valence-corrected chi connectivity index (χ1v) is 7.92. The van der Waals surface area contributed by atoms with E-state index in [1.165, 1.54) is 21.9 Å². The van der Waals surface area contributed by atoms with Crippen LogP contribution in [0.1, 0.15) is 24.2 Å². The summed E-state index contributed by atoms with van der Waals surface area (Å²) in [7, 11) is 0. The lowest BCUT2D eigenvalue weighted by molar-refractivity contribution is 0.0899. The number of pyridine rings is 2. The SMILES string of the molecule is CC1OCC=Cc2cc3c4nc5ccccc5cc4cn3cc21. The van der Waals surface area contributed by atoms with E-state index in [0.717, 1.165) is 16.6 Å². The highest BCUT2D eigenvalue weighted by molar-refractivity contribution is 6.01. The van der Waals surface area contributed by atoms with Crippen molar-refractivity contribution in [1.29, 1.82) is 0 Å². The maximum absolute atomic E-state index is 5.80. The fraction of sp³-hybridized carbons (Fsp3) is 0.150. The van der Waals surface area contributed by atoms with Crippen LogP contribution in [0.25, 0.3) is 33.4 Å². The molecule has 112 valence electrons. The summed E-state index contributed by atoms with van der Waals surface area (Å²) >= 11 is 0. The average molecular weight is 300 g/mol. The first kappa shape index (κ1) is 12.9. The van der Waals surface area contributed by atoms with E-state index in [1.54, 1.807) is 0 Å². The van der Waals surface area contributed by atoms with Crippen molar-refractivity contribution in [3.63, 3.8) is 0 Å². The van der Waals surface area contributed by atoms with Gasteiger partial charge in [0, 0.05) is 28.7 Å². The smallest absolute Gasteiger partial charge is 0.0964 e. The molecule has 1 aromatic carbocycles. The van der Waals surface area contributed by atoms with Gasteiger partial charge in [0.05, 0.1) is 29.3 Å². The molecule has 0 saturated heterocycles. The maximum Gasteiger partial charge on any atom is 0.0964 e. The van der Waals surface area contributed by atoms with Crippen molar-refractivity contribution in [2.45, 2.75) is 13.0 Å². The van der Waals surface area contributed by atoms with Crippen molar-refractivity contribution < 1.29 is 4.74 Å². The summed E-state index contributed by atoms with van der Waals surface area (Å²) in [5.41, 5.74) is 5.67. The average Bonchev–Trinajstić information content (AvgIpc) is 2.81. The summed E-state index contributed by atoms with van der Waals surface area (Å²) in [6.07, 6.45) is 8.66. The van der Waals surface area contributed by atoms with Crippen LogP contribution in [0.4, 0.5) is 0 Å². The van der Waals surface area contributed by atoms with Crippen LogP contribution in [0.15, 0.2) is 54.9 Å². The summed E-state index contributed by atoms with van der Waals surface area (Å²) in [6.45, 7) is 2.77. The molecule has 4 aromatic rings. The number of rotatable bonds is 0. The molecule has 3 aromatic heterocycles. The molecule has 5 rings (SSSR count). The van der Waals surface area contributed by atoms with Gasteiger partial charge in [-0.2, -0.15) is 0 Å². The van der Waals surface area contributed by atoms with Crippen LogP contribution in [-0.2, 0) is 4.74 Å². The van der Waals surface area contributed by atoms with Gasteiger partial charge in [-0.05, 0) is 30.7 Å². The van der Waals surface area contributed by atoms with E-state index in [0.29, 0.717) is 6.61 Å². The van der Waals surface area contributed by atoms with E-state index >= 15 is 0 Å². The Balaban J connectivity index is 1.88. The Labute approximate surface area is 133 Å². The fourth-order valence-corrected chi connectivity index (χ4v) is 3.43. The molecule has 23 heavy (non-hydrogen) atoms. The van der Waals surface area contributed by atoms with Gasteiger partial charge >= 0.3 is 0 Å². The molecule has 0 bridgehead atoms. The van der Waals surface area contributed by atoms with Crippen molar-refractivity contribution in [2.24, 2.45) is 0 Å². The Morgan fingerprint density at radius 2 is 2.04 bits per heavy atom. The van der Waals surface area contributed by atoms with Crippen molar-refractivity contribution in [3.05, 3.63) is 66.0 Å². The minimum atomic E-state index is 0.0990. The Bertz CT molecular complexity index is 1090. The number of nitrogens with zero attached hydrogens (tertiary/aromatic N) is 2. The van der Waals surface area contributed by atoms with Gasteiger partial charge in [0.15, 0.2) is 0 Å². The first-order chi connectivity index (χ1) is 11.3. The van der Waals surface area contributed by atoms with Gasteiger partial charge in [0.1, 0.15) is 0 Å². The van der Waals surface area contributed by atoms with E-state index in [9.17, 15) is 0 Å². The van der Waals surface area contributed by atoms with Crippen molar-refractivity contribution in [2.75, 3.05) is 6.61 Å². The Morgan fingerprint density at radius 1 is 1.13 bits per heavy atom. The maximum atomic E-state index is 5.80. The van der Waals surface area contributed by atoms with E-state index in [2.05, 4.69) is 66.2 Å². The van der Waals surface area contributed by atoms with Crippen molar-refractivity contribution in [3.8, 4) is 0 Å². The molecule has 0 radical (unpaired) electrons. The van der Waals surface area contributed by atoms with Crippen LogP contribution in [0.3, 0.4) is 0 Å². The molecular weight excluding hydrogens is 284 g/mol. The lowest BCUT2D eigenvalue weighted by atomic mass is 10.1. The summed E-state index contributed by atoms with van der Waals surface area (Å²) in [6, 6.07) is 12.7. The number of fused-ring (bicyclic) bond motifs is 5. The number of para-hydroxylation sites is 1. The van der Waals surface area contributed by atoms with Crippen LogP contribution < -0.4 is 0 Å². The number of hydrogen-bond acceptors (Lipinski definition) is 2. The van der Waals surface area contributed by atoms with Crippen LogP contribution >= 0.6 is 0 Å². The fourth-order valence-electron chi connectivity index (χ4n) is 3.43. The van der Waals surface area contributed by atoms with Crippen LogP contribution in [0.2, 0.25) is 0 Å². The third-order valence-corrected chi connectivity index (χ3v) is 4.63. The number of hydrogen-bond donors (Lipinski definition) is 0. The Hall–Kier alpha value is -2.65. The molecule has 0 amide bonds. The van der Waals surface area contributed by atoms with Gasteiger partial charge in [0.2, 0.25) is 0 Å². The lowest BCUT2D eigenvalue weighted by Gasteiger charge is -2.13. The van der Waals surface area contributed by atoms with Gasteiger partial charge in [-0.25, -0.2) is 4.98 Å². The van der Waals surface area contributed by atoms with Gasteiger partial charge in [-0.15, -0.1) is 0 Å². The molecule has 3 heteroatoms. The monoisotopic (exact) mass is 300 g/mol. The summed E-state index contributed by atoms with van der Waals surface area (Å²) in [5, 5.41) is 2.34. The molecule has 4 heterocycles. The number of ether oxygens (including phenoxy) is 1. The predicted octanol–water partition coefficient (Wildman–Crippen LogP) is 4.75. The lowest BCUT2D eigenvalue weighted by Crippen LogP contribution is -2.01. The molecule has 1 aliphatic heterocycles. The van der Waals surface area contributed by atoms with Crippen molar-refractivity contribution >= 4 is 33.4 Å². The van der Waals surface area contributed by atoms with Crippen LogP contribution in [-0.4, -0.2) is 16.0 Å². The molecule has 1 aliphatic rings. The molecule has 0 N–H and O–H groups in total. The summed E-state index contributed by atoms with van der Waals surface area (Å²) < 4.78 is 7.97. The quantitative estimate of drug-likeness (QED) is 0.468. The first-order valence-electron chi connectivity index (χ1n) is 7.92. The number of benzene rings is 1. The number of aromatic nitrogens is 2. The second kappa shape index (κ2) is 4.67. The highest BCUT2D eigenvalue weighted by Crippen LogP contribution is 2.30. The van der Waals surface area contributed by atoms with E-state index in [4.69, 9.17) is 9.72 Å². The Morgan fingerprint density at radius 3 is 3.00 bits per heavy atom. The molecule has 0 aliphatic carbocycles. The summed E-state index contributed by atoms with van der Waals surface area (Å²) in [5.74, 6) is 0. The van der Waals surface area contributed by atoms with E-state index < -0.39 is 0 Å². The van der Waals surface area contributed by atoms with Gasteiger partial charge in [-0.3, -0.25) is 0 Å². The Kier molecular flexibility index (Phi) is 2.61. The highest BCUT2D eigenvalue weighted by Gasteiger charge is 2.15. The molecule has 3 nitrogen and oxygen atoms in total. The zero-order chi connectivity index (χ0) is 15.4. The largest absolute Gasteiger partial charge is 0.370 e. The molecule has 0 spiro atoms. The minimum Gasteiger partial charge on any atom is -0.370 e. The zero-order valence-electron chi connectivity index (χ0n) is 12.9. The molecule has 0 saturated carbocycles. The third kappa shape index (κ3) is 1.90. The second-order valence-electron chi connectivity index (χ2n) is 6.10. The van der Waals surface area contributed by atoms with E-state index in [-0.39, 0.29) is 6.10 Å². The van der Waals surface area contributed by atoms with Gasteiger partial charge in [0.25, 0.3) is 0 Å². The second-order valence-corrected chi connectivity index (χ2v) is 6.10. The van der Waals surface area contributed by atoms with Gasteiger partial charge in [-0.1, -0.05) is 30.4 Å². The van der Waals surface area contributed by atoms with Crippen molar-refractivity contribution in [1.82, 2.24) is 9.38 Å². The molecule has 0 fully saturated rings. The predicted molar refractivity (Wildman–Crippen MR) is 93.6 cm³/mol. The van der Waals surface area contributed by atoms with Gasteiger partial charge < -0.3 is 9.14 Å². The van der Waals surface area contributed by atoms with Crippen LogP contribution in [0.5, 0.6) is 0 Å². The molecule has 1 unspecified atom stereocenters. The summed E-state index contributed by atoms with van der Waals surface area (Å²) in [4.78, 5) is 4.88. The normalized spacial score (nSPS) is 17.7. The molecule has 1 atom stereocenters. The standard InChI is InChI=1S/C20H16N2O/c1-13-17-12-22-11-16-9-15-5-2-3-7-18(15)21-20(16)19(22)10-14(17)6-4-8-23-13/h2-7,9-13H,8H2,1H3. The highest BCUT2D eigenvalue weighted by atomic mass is 16.5. The molecular formula is C20H16N2O. The van der Waals surface area contributed by atoms with E-state index in [1.807, 2.05) is 6.07 Å². The van der Waals surface area contributed by atoms with Crippen LogP contribution in [0, 0.1) is 0 Å². The topological polar surface area (TPSA) is 26.5 Å². The zero-order valence-corrected chi connectivity index (χ0v) is 12.9. The minimum absolute atomic E-state index is 0.0990. The third-order valence-electron chi connectivity index (χ3n) is 4.63.